The van der Waals surface area contributed by atoms with Crippen LogP contribution in [0.15, 0.2) is 40.2 Å². The summed E-state index contributed by atoms with van der Waals surface area (Å²) in [6.45, 7) is 2.39. The summed E-state index contributed by atoms with van der Waals surface area (Å²) in [4.78, 5) is 16.1. The first-order chi connectivity index (χ1) is 13.1. The van der Waals surface area contributed by atoms with Crippen molar-refractivity contribution in [3.05, 3.63) is 63.2 Å². The molecule has 0 fully saturated rings. The van der Waals surface area contributed by atoms with E-state index in [9.17, 15) is 4.79 Å². The minimum absolute atomic E-state index is 0.158. The number of rotatable bonds is 4. The molecular formula is C20H20N2O4S. The quantitative estimate of drug-likeness (QED) is 0.684. The lowest BCUT2D eigenvalue weighted by atomic mass is 9.90. The van der Waals surface area contributed by atoms with Crippen molar-refractivity contribution in [3.8, 4) is 11.5 Å². The van der Waals surface area contributed by atoms with Crippen LogP contribution in [0.25, 0.3) is 0 Å². The van der Waals surface area contributed by atoms with Gasteiger partial charge in [-0.2, -0.15) is 0 Å². The summed E-state index contributed by atoms with van der Waals surface area (Å²) >= 11 is 1.63. The molecule has 1 amide bonds. The van der Waals surface area contributed by atoms with Crippen LogP contribution in [0.1, 0.15) is 38.3 Å². The number of ether oxygens (including phenoxy) is 2. The summed E-state index contributed by atoms with van der Waals surface area (Å²) in [5.41, 5.74) is 2.89. The first kappa shape index (κ1) is 17.6. The summed E-state index contributed by atoms with van der Waals surface area (Å²) < 4.78 is 16.2. The van der Waals surface area contributed by atoms with Gasteiger partial charge in [-0.25, -0.2) is 0 Å². The maximum Gasteiger partial charge on any atom is 0.293 e. The standard InChI is InChI=1S/C20H20N2O4S/c1-12-9-17(26-21-12)20(23)22-7-6-13-10-15(24-2)16(25-3)11-14(13)19(22)18-5-4-8-27-18/h4-5,8-11,19H,6-7H2,1-3H3. The molecule has 1 aliphatic rings. The van der Waals surface area contributed by atoms with Crippen molar-refractivity contribution in [2.24, 2.45) is 0 Å². The van der Waals surface area contributed by atoms with Crippen molar-refractivity contribution >= 4 is 17.2 Å². The minimum atomic E-state index is -0.202. The number of benzene rings is 1. The monoisotopic (exact) mass is 384 g/mol. The summed E-state index contributed by atoms with van der Waals surface area (Å²) in [6, 6.07) is 9.51. The Morgan fingerprint density at radius 2 is 2.04 bits per heavy atom. The number of carbonyl (C=O) groups is 1. The highest BCUT2D eigenvalue weighted by molar-refractivity contribution is 7.10. The van der Waals surface area contributed by atoms with Crippen molar-refractivity contribution < 1.29 is 18.8 Å². The molecule has 0 N–H and O–H groups in total. The van der Waals surface area contributed by atoms with Crippen molar-refractivity contribution in [2.75, 3.05) is 20.8 Å². The molecule has 6 nitrogen and oxygen atoms in total. The number of methoxy groups -OCH3 is 2. The van der Waals surface area contributed by atoms with Gasteiger partial charge in [0.2, 0.25) is 5.76 Å². The molecule has 27 heavy (non-hydrogen) atoms. The number of carbonyl (C=O) groups excluding carboxylic acids is 1. The highest BCUT2D eigenvalue weighted by atomic mass is 32.1. The van der Waals surface area contributed by atoms with Gasteiger partial charge in [-0.15, -0.1) is 11.3 Å². The van der Waals surface area contributed by atoms with Gasteiger partial charge < -0.3 is 18.9 Å². The molecule has 0 aliphatic carbocycles. The zero-order chi connectivity index (χ0) is 19.0. The molecule has 0 bridgehead atoms. The Morgan fingerprint density at radius 1 is 1.26 bits per heavy atom. The maximum absolute atomic E-state index is 13.1. The Kier molecular flexibility index (Phi) is 4.61. The third-order valence-corrected chi connectivity index (χ3v) is 5.71. The van der Waals surface area contributed by atoms with Gasteiger partial charge in [-0.05, 0) is 48.1 Å². The van der Waals surface area contributed by atoms with Crippen molar-refractivity contribution in [3.63, 3.8) is 0 Å². The number of aromatic nitrogens is 1. The molecule has 3 aromatic rings. The zero-order valence-electron chi connectivity index (χ0n) is 15.4. The van der Waals surface area contributed by atoms with Gasteiger partial charge in [0.05, 0.1) is 26.0 Å². The largest absolute Gasteiger partial charge is 0.493 e. The Hall–Kier alpha value is -2.80. The van der Waals surface area contributed by atoms with Crippen molar-refractivity contribution in [1.29, 1.82) is 0 Å². The predicted octanol–water partition coefficient (Wildman–Crippen LogP) is 3.85. The van der Waals surface area contributed by atoms with Gasteiger partial charge in [0.25, 0.3) is 5.91 Å². The van der Waals surface area contributed by atoms with E-state index in [0.29, 0.717) is 23.7 Å². The van der Waals surface area contributed by atoms with Crippen LogP contribution in [-0.2, 0) is 6.42 Å². The second kappa shape index (κ2) is 7.08. The third kappa shape index (κ3) is 3.08. The Bertz CT molecular complexity index is 965. The van der Waals surface area contributed by atoms with Gasteiger partial charge in [0.15, 0.2) is 11.5 Å². The Morgan fingerprint density at radius 3 is 2.67 bits per heavy atom. The third-order valence-electron chi connectivity index (χ3n) is 4.79. The molecule has 0 radical (unpaired) electrons. The van der Waals surface area contributed by atoms with E-state index in [2.05, 4.69) is 5.16 Å². The van der Waals surface area contributed by atoms with Crippen LogP contribution in [0.2, 0.25) is 0 Å². The summed E-state index contributed by atoms with van der Waals surface area (Å²) in [6.07, 6.45) is 0.733. The lowest BCUT2D eigenvalue weighted by Crippen LogP contribution is -2.40. The van der Waals surface area contributed by atoms with Gasteiger partial charge in [-0.1, -0.05) is 11.2 Å². The molecule has 1 unspecified atom stereocenters. The summed E-state index contributed by atoms with van der Waals surface area (Å²) in [5, 5.41) is 5.88. The number of hydrogen-bond donors (Lipinski definition) is 0. The van der Waals surface area contributed by atoms with Crippen LogP contribution in [0.5, 0.6) is 11.5 Å². The van der Waals surface area contributed by atoms with Gasteiger partial charge in [0, 0.05) is 17.5 Å². The lowest BCUT2D eigenvalue weighted by Gasteiger charge is -2.36. The normalized spacial score (nSPS) is 16.1. The van der Waals surface area contributed by atoms with Crippen LogP contribution in [0.4, 0.5) is 0 Å². The van der Waals surface area contributed by atoms with Crippen molar-refractivity contribution in [1.82, 2.24) is 10.1 Å². The molecule has 1 aliphatic heterocycles. The highest BCUT2D eigenvalue weighted by Gasteiger charge is 2.35. The van der Waals surface area contributed by atoms with Gasteiger partial charge in [0.1, 0.15) is 0 Å². The molecule has 3 heterocycles. The average Bonchev–Trinajstić information content (AvgIpc) is 3.37. The number of aryl methyl sites for hydroxylation is 1. The van der Waals surface area contributed by atoms with Gasteiger partial charge >= 0.3 is 0 Å². The molecule has 140 valence electrons. The lowest BCUT2D eigenvalue weighted by molar-refractivity contribution is 0.0654. The smallest absolute Gasteiger partial charge is 0.293 e. The Labute approximate surface area is 161 Å². The molecule has 0 saturated carbocycles. The summed E-state index contributed by atoms with van der Waals surface area (Å²) in [5.74, 6) is 1.46. The Balaban J connectivity index is 1.82. The fourth-order valence-electron chi connectivity index (χ4n) is 3.52. The molecule has 1 atom stereocenters. The topological polar surface area (TPSA) is 64.8 Å². The van der Waals surface area contributed by atoms with E-state index in [1.165, 1.54) is 0 Å². The molecule has 2 aromatic heterocycles. The van der Waals surface area contributed by atoms with Gasteiger partial charge in [-0.3, -0.25) is 4.79 Å². The fourth-order valence-corrected chi connectivity index (χ4v) is 4.38. The number of thiophene rings is 1. The first-order valence-electron chi connectivity index (χ1n) is 8.65. The van der Waals surface area contributed by atoms with E-state index in [4.69, 9.17) is 14.0 Å². The van der Waals surface area contributed by atoms with Crippen LogP contribution in [0.3, 0.4) is 0 Å². The SMILES string of the molecule is COc1cc2c(cc1OC)C(c1cccs1)N(C(=O)c1cc(C)no1)CC2. The van der Waals surface area contributed by atoms with E-state index >= 15 is 0 Å². The number of fused-ring (bicyclic) bond motifs is 1. The number of hydrogen-bond acceptors (Lipinski definition) is 6. The molecule has 7 heteroatoms. The highest BCUT2D eigenvalue weighted by Crippen LogP contribution is 2.42. The first-order valence-corrected chi connectivity index (χ1v) is 9.52. The van der Waals surface area contributed by atoms with Crippen LogP contribution in [0, 0.1) is 6.92 Å². The summed E-state index contributed by atoms with van der Waals surface area (Å²) in [7, 11) is 3.25. The van der Waals surface area contributed by atoms with Crippen molar-refractivity contribution in [2.45, 2.75) is 19.4 Å². The van der Waals surface area contributed by atoms with E-state index < -0.39 is 0 Å². The molecule has 0 saturated heterocycles. The minimum Gasteiger partial charge on any atom is -0.493 e. The predicted molar refractivity (Wildman–Crippen MR) is 102 cm³/mol. The van der Waals surface area contributed by atoms with E-state index in [-0.39, 0.29) is 17.7 Å². The van der Waals surface area contributed by atoms with Crippen LogP contribution in [-0.4, -0.2) is 36.7 Å². The zero-order valence-corrected chi connectivity index (χ0v) is 16.2. The van der Waals surface area contributed by atoms with E-state index in [1.54, 1.807) is 38.5 Å². The fraction of sp³-hybridized carbons (Fsp3) is 0.300. The molecule has 4 rings (SSSR count). The number of nitrogens with zero attached hydrogens (tertiary/aromatic N) is 2. The second-order valence-corrected chi connectivity index (χ2v) is 7.38. The van der Waals surface area contributed by atoms with E-state index in [0.717, 1.165) is 22.4 Å². The average molecular weight is 384 g/mol. The molecule has 0 spiro atoms. The van der Waals surface area contributed by atoms with Crippen LogP contribution < -0.4 is 9.47 Å². The second-order valence-electron chi connectivity index (χ2n) is 6.41. The maximum atomic E-state index is 13.1. The number of amides is 1. The van der Waals surface area contributed by atoms with Crippen LogP contribution >= 0.6 is 11.3 Å². The molecule has 1 aromatic carbocycles. The van der Waals surface area contributed by atoms with E-state index in [1.807, 2.05) is 34.5 Å². The molecular weight excluding hydrogens is 364 g/mol.